The highest BCUT2D eigenvalue weighted by Crippen LogP contribution is 2.19. The van der Waals surface area contributed by atoms with E-state index in [1.807, 2.05) is 19.4 Å². The van der Waals surface area contributed by atoms with E-state index in [-0.39, 0.29) is 0 Å². The van der Waals surface area contributed by atoms with Gasteiger partial charge in [0.2, 0.25) is 0 Å². The molecule has 1 aliphatic heterocycles. The molecule has 0 aliphatic carbocycles. The average Bonchev–Trinajstić information content (AvgIpc) is 2.39. The fraction of sp³-hybridized carbons (Fsp3) is 0.636. The molecule has 0 unspecified atom stereocenters. The van der Waals surface area contributed by atoms with Crippen molar-refractivity contribution < 1.29 is 4.74 Å². The molecule has 2 N–H and O–H groups in total. The SMILES string of the molecule is CNc1cc(NC2CCOCC2)nc(SC)n1. The molecule has 1 aromatic rings. The Bertz CT molecular complexity index is 346. The van der Waals surface area contributed by atoms with Gasteiger partial charge in [0.25, 0.3) is 0 Å². The summed E-state index contributed by atoms with van der Waals surface area (Å²) in [5.74, 6) is 1.74. The van der Waals surface area contributed by atoms with Gasteiger partial charge in [0.05, 0.1) is 0 Å². The molecule has 0 aromatic carbocycles. The molecule has 0 amide bonds. The molecule has 0 radical (unpaired) electrons. The molecule has 2 heterocycles. The predicted octanol–water partition coefficient (Wildman–Crippen LogP) is 1.83. The minimum Gasteiger partial charge on any atom is -0.381 e. The van der Waals surface area contributed by atoms with E-state index in [0.29, 0.717) is 6.04 Å². The second-order valence-corrected chi connectivity index (χ2v) is 4.68. The lowest BCUT2D eigenvalue weighted by atomic mass is 10.1. The van der Waals surface area contributed by atoms with Gasteiger partial charge in [-0.15, -0.1) is 0 Å². The van der Waals surface area contributed by atoms with Crippen LogP contribution in [0.3, 0.4) is 0 Å². The zero-order valence-corrected chi connectivity index (χ0v) is 11.0. The van der Waals surface area contributed by atoms with Gasteiger partial charge in [-0.2, -0.15) is 0 Å². The monoisotopic (exact) mass is 254 g/mol. The maximum Gasteiger partial charge on any atom is 0.191 e. The van der Waals surface area contributed by atoms with Gasteiger partial charge >= 0.3 is 0 Å². The van der Waals surface area contributed by atoms with Crippen molar-refractivity contribution in [2.24, 2.45) is 0 Å². The highest BCUT2D eigenvalue weighted by atomic mass is 32.2. The Balaban J connectivity index is 2.07. The van der Waals surface area contributed by atoms with Crippen LogP contribution in [0, 0.1) is 0 Å². The number of ether oxygens (including phenoxy) is 1. The van der Waals surface area contributed by atoms with Crippen molar-refractivity contribution in [3.8, 4) is 0 Å². The first-order valence-corrected chi connectivity index (χ1v) is 6.99. The number of anilines is 2. The second-order valence-electron chi connectivity index (χ2n) is 3.91. The molecule has 0 saturated carbocycles. The molecule has 1 aromatic heterocycles. The Morgan fingerprint density at radius 2 is 2.00 bits per heavy atom. The molecule has 6 heteroatoms. The van der Waals surface area contributed by atoms with Crippen LogP contribution in [-0.2, 0) is 4.74 Å². The molecular formula is C11H18N4OS. The Labute approximate surface area is 106 Å². The molecule has 0 atom stereocenters. The zero-order valence-electron chi connectivity index (χ0n) is 10.2. The number of rotatable bonds is 4. The molecule has 94 valence electrons. The summed E-state index contributed by atoms with van der Waals surface area (Å²) >= 11 is 1.55. The van der Waals surface area contributed by atoms with Crippen molar-refractivity contribution in [3.63, 3.8) is 0 Å². The van der Waals surface area contributed by atoms with Gasteiger partial charge in [-0.05, 0) is 19.1 Å². The van der Waals surface area contributed by atoms with Crippen LogP contribution in [0.1, 0.15) is 12.8 Å². The van der Waals surface area contributed by atoms with Crippen molar-refractivity contribution in [1.82, 2.24) is 9.97 Å². The van der Waals surface area contributed by atoms with Gasteiger partial charge in [0, 0.05) is 32.4 Å². The second kappa shape index (κ2) is 6.07. The van der Waals surface area contributed by atoms with Crippen molar-refractivity contribution in [2.45, 2.75) is 24.0 Å². The third kappa shape index (κ3) is 3.47. The number of hydrogen-bond donors (Lipinski definition) is 2. The minimum absolute atomic E-state index is 0.457. The first kappa shape index (κ1) is 12.4. The van der Waals surface area contributed by atoms with E-state index in [9.17, 15) is 0 Å². The van der Waals surface area contributed by atoms with E-state index in [1.165, 1.54) is 0 Å². The fourth-order valence-corrected chi connectivity index (χ4v) is 2.15. The maximum absolute atomic E-state index is 5.34. The minimum atomic E-state index is 0.457. The van der Waals surface area contributed by atoms with Crippen LogP contribution in [0.15, 0.2) is 11.2 Å². The molecule has 2 rings (SSSR count). The third-order valence-corrected chi connectivity index (χ3v) is 3.27. The van der Waals surface area contributed by atoms with Crippen LogP contribution in [-0.4, -0.2) is 42.5 Å². The molecule has 0 spiro atoms. The summed E-state index contributed by atoms with van der Waals surface area (Å²) in [6, 6.07) is 2.40. The summed E-state index contributed by atoms with van der Waals surface area (Å²) in [7, 11) is 1.87. The Morgan fingerprint density at radius 1 is 1.29 bits per heavy atom. The molecule has 1 saturated heterocycles. The summed E-state index contributed by atoms with van der Waals surface area (Å²) in [4.78, 5) is 8.79. The standard InChI is InChI=1S/C11H18N4OS/c1-12-9-7-10(15-11(14-9)17-2)13-8-3-5-16-6-4-8/h7-8H,3-6H2,1-2H3,(H2,12,13,14,15). The van der Waals surface area contributed by atoms with E-state index in [0.717, 1.165) is 42.8 Å². The van der Waals surface area contributed by atoms with Gasteiger partial charge in [0.1, 0.15) is 11.6 Å². The Kier molecular flexibility index (Phi) is 4.44. The predicted molar refractivity (Wildman–Crippen MR) is 70.8 cm³/mol. The average molecular weight is 254 g/mol. The summed E-state index contributed by atoms with van der Waals surface area (Å²) in [6.07, 6.45) is 4.05. The lowest BCUT2D eigenvalue weighted by Crippen LogP contribution is -2.28. The number of nitrogens with zero attached hydrogens (tertiary/aromatic N) is 2. The van der Waals surface area contributed by atoms with Crippen LogP contribution in [0.25, 0.3) is 0 Å². The quantitative estimate of drug-likeness (QED) is 0.631. The highest BCUT2D eigenvalue weighted by Gasteiger charge is 2.14. The normalized spacial score (nSPS) is 16.8. The zero-order chi connectivity index (χ0) is 12.1. The number of aromatic nitrogens is 2. The first-order valence-electron chi connectivity index (χ1n) is 5.77. The van der Waals surface area contributed by atoms with Gasteiger partial charge in [-0.3, -0.25) is 0 Å². The molecule has 0 bridgehead atoms. The molecule has 5 nitrogen and oxygen atoms in total. The highest BCUT2D eigenvalue weighted by molar-refractivity contribution is 7.98. The van der Waals surface area contributed by atoms with Crippen molar-refractivity contribution in [3.05, 3.63) is 6.07 Å². The maximum atomic E-state index is 5.34. The first-order chi connectivity index (χ1) is 8.31. The van der Waals surface area contributed by atoms with E-state index < -0.39 is 0 Å². The van der Waals surface area contributed by atoms with E-state index in [2.05, 4.69) is 20.6 Å². The van der Waals surface area contributed by atoms with E-state index >= 15 is 0 Å². The topological polar surface area (TPSA) is 59.1 Å². The van der Waals surface area contributed by atoms with Crippen LogP contribution >= 0.6 is 11.8 Å². The Hall–Kier alpha value is -1.01. The Morgan fingerprint density at radius 3 is 2.65 bits per heavy atom. The van der Waals surface area contributed by atoms with Crippen LogP contribution in [0.4, 0.5) is 11.6 Å². The number of hydrogen-bond acceptors (Lipinski definition) is 6. The van der Waals surface area contributed by atoms with Crippen LogP contribution in [0.5, 0.6) is 0 Å². The molecular weight excluding hydrogens is 236 g/mol. The summed E-state index contributed by atoms with van der Waals surface area (Å²) in [5.41, 5.74) is 0. The third-order valence-electron chi connectivity index (χ3n) is 2.72. The lowest BCUT2D eigenvalue weighted by molar-refractivity contribution is 0.0904. The van der Waals surface area contributed by atoms with Crippen molar-refractivity contribution >= 4 is 23.4 Å². The van der Waals surface area contributed by atoms with Gasteiger partial charge in [-0.1, -0.05) is 11.8 Å². The van der Waals surface area contributed by atoms with Crippen molar-refractivity contribution in [2.75, 3.05) is 37.2 Å². The number of thioether (sulfide) groups is 1. The van der Waals surface area contributed by atoms with Crippen LogP contribution < -0.4 is 10.6 Å². The summed E-state index contributed by atoms with van der Waals surface area (Å²) in [6.45, 7) is 1.66. The smallest absolute Gasteiger partial charge is 0.191 e. The molecule has 17 heavy (non-hydrogen) atoms. The van der Waals surface area contributed by atoms with Crippen LogP contribution in [0.2, 0.25) is 0 Å². The number of nitrogens with one attached hydrogen (secondary N) is 2. The largest absolute Gasteiger partial charge is 0.381 e. The van der Waals surface area contributed by atoms with Gasteiger partial charge in [0.15, 0.2) is 5.16 Å². The molecule has 1 aliphatic rings. The lowest BCUT2D eigenvalue weighted by Gasteiger charge is -2.23. The summed E-state index contributed by atoms with van der Waals surface area (Å²) < 4.78 is 5.34. The van der Waals surface area contributed by atoms with Gasteiger partial charge < -0.3 is 15.4 Å². The fourth-order valence-electron chi connectivity index (χ4n) is 1.77. The van der Waals surface area contributed by atoms with E-state index in [4.69, 9.17) is 4.74 Å². The van der Waals surface area contributed by atoms with Crippen molar-refractivity contribution in [1.29, 1.82) is 0 Å². The summed E-state index contributed by atoms with van der Waals surface area (Å²) in [5, 5.41) is 7.28. The molecule has 1 fully saturated rings. The van der Waals surface area contributed by atoms with E-state index in [1.54, 1.807) is 11.8 Å². The van der Waals surface area contributed by atoms with Gasteiger partial charge in [-0.25, -0.2) is 9.97 Å².